The summed E-state index contributed by atoms with van der Waals surface area (Å²) in [7, 11) is 0. The molecule has 0 aliphatic rings. The highest BCUT2D eigenvalue weighted by atomic mass is 35.5. The van der Waals surface area contributed by atoms with Crippen LogP contribution >= 0.6 is 24.8 Å². The van der Waals surface area contributed by atoms with Crippen molar-refractivity contribution < 1.29 is 0 Å². The minimum absolute atomic E-state index is 0. The molecule has 2 aromatic rings. The van der Waals surface area contributed by atoms with E-state index in [9.17, 15) is 0 Å². The third kappa shape index (κ3) is 2.84. The predicted molar refractivity (Wildman–Crippen MR) is 68.1 cm³/mol. The van der Waals surface area contributed by atoms with Crippen LogP contribution < -0.4 is 5.73 Å². The standard InChI is InChI=1S/C10H13N3.2ClH/c1-7-4-9-8(2-3-11)6-13-10(9)12-5-7;;/h4-6H,2-3,11H2,1H3,(H,12,13);2*1H. The van der Waals surface area contributed by atoms with E-state index in [0.717, 1.165) is 12.1 Å². The highest BCUT2D eigenvalue weighted by Gasteiger charge is 2.02. The average Bonchev–Trinajstić information content (AvgIpc) is 2.49. The zero-order valence-corrected chi connectivity index (χ0v) is 10.1. The van der Waals surface area contributed by atoms with Gasteiger partial charge in [0, 0.05) is 17.8 Å². The van der Waals surface area contributed by atoms with E-state index in [1.54, 1.807) is 0 Å². The van der Waals surface area contributed by atoms with Crippen LogP contribution in [0.5, 0.6) is 0 Å². The molecule has 0 saturated carbocycles. The van der Waals surface area contributed by atoms with Crippen LogP contribution in [0.2, 0.25) is 0 Å². The van der Waals surface area contributed by atoms with Crippen molar-refractivity contribution in [3.8, 4) is 0 Å². The molecule has 84 valence electrons. The summed E-state index contributed by atoms with van der Waals surface area (Å²) in [5.41, 5.74) is 8.91. The highest BCUT2D eigenvalue weighted by Crippen LogP contribution is 2.17. The lowest BCUT2D eigenvalue weighted by molar-refractivity contribution is 0.976. The molecule has 15 heavy (non-hydrogen) atoms. The maximum atomic E-state index is 5.51. The fraction of sp³-hybridized carbons (Fsp3) is 0.300. The summed E-state index contributed by atoms with van der Waals surface area (Å²) >= 11 is 0. The number of hydrogen-bond acceptors (Lipinski definition) is 2. The van der Waals surface area contributed by atoms with Gasteiger partial charge in [0.2, 0.25) is 0 Å². The molecule has 2 aromatic heterocycles. The first-order valence-electron chi connectivity index (χ1n) is 4.44. The van der Waals surface area contributed by atoms with Gasteiger partial charge in [0.15, 0.2) is 0 Å². The van der Waals surface area contributed by atoms with Gasteiger partial charge < -0.3 is 10.7 Å². The number of nitrogens with one attached hydrogen (secondary N) is 1. The number of nitrogens with two attached hydrogens (primary N) is 1. The van der Waals surface area contributed by atoms with Crippen molar-refractivity contribution in [1.82, 2.24) is 9.97 Å². The SMILES string of the molecule is Cc1cnc2[nH]cc(CCN)c2c1.Cl.Cl. The molecule has 0 amide bonds. The van der Waals surface area contributed by atoms with E-state index >= 15 is 0 Å². The number of aryl methyl sites for hydroxylation is 1. The lowest BCUT2D eigenvalue weighted by Gasteiger charge is -1.96. The lowest BCUT2D eigenvalue weighted by Crippen LogP contribution is -2.01. The summed E-state index contributed by atoms with van der Waals surface area (Å²) in [4.78, 5) is 7.42. The van der Waals surface area contributed by atoms with Crippen molar-refractivity contribution in [2.75, 3.05) is 6.54 Å². The smallest absolute Gasteiger partial charge is 0.137 e. The van der Waals surface area contributed by atoms with Crippen molar-refractivity contribution in [3.05, 3.63) is 29.6 Å². The molecule has 0 fully saturated rings. The van der Waals surface area contributed by atoms with E-state index in [4.69, 9.17) is 5.73 Å². The Balaban J connectivity index is 0.000000980. The van der Waals surface area contributed by atoms with Gasteiger partial charge in [0.1, 0.15) is 5.65 Å². The normalized spacial score (nSPS) is 9.47. The van der Waals surface area contributed by atoms with E-state index in [-0.39, 0.29) is 24.8 Å². The first kappa shape index (κ1) is 14.2. The topological polar surface area (TPSA) is 54.7 Å². The van der Waals surface area contributed by atoms with Crippen LogP contribution in [-0.2, 0) is 6.42 Å². The first-order valence-corrected chi connectivity index (χ1v) is 4.44. The largest absolute Gasteiger partial charge is 0.346 e. The fourth-order valence-electron chi connectivity index (χ4n) is 1.52. The van der Waals surface area contributed by atoms with Gasteiger partial charge >= 0.3 is 0 Å². The second kappa shape index (κ2) is 5.95. The molecule has 0 saturated heterocycles. The molecule has 0 unspecified atom stereocenters. The highest BCUT2D eigenvalue weighted by molar-refractivity contribution is 5.85. The molecule has 0 aromatic carbocycles. The molecule has 3 N–H and O–H groups in total. The van der Waals surface area contributed by atoms with Gasteiger partial charge in [-0.3, -0.25) is 0 Å². The van der Waals surface area contributed by atoms with Gasteiger partial charge in [-0.2, -0.15) is 0 Å². The first-order chi connectivity index (χ1) is 6.31. The molecule has 3 nitrogen and oxygen atoms in total. The van der Waals surface area contributed by atoms with Crippen molar-refractivity contribution in [3.63, 3.8) is 0 Å². The minimum atomic E-state index is 0. The zero-order chi connectivity index (χ0) is 9.26. The Labute approximate surface area is 101 Å². The molecule has 0 bridgehead atoms. The van der Waals surface area contributed by atoms with Crippen LogP contribution in [0.15, 0.2) is 18.5 Å². The van der Waals surface area contributed by atoms with E-state index in [1.165, 1.54) is 16.5 Å². The summed E-state index contributed by atoms with van der Waals surface area (Å²) in [6.07, 6.45) is 4.76. The summed E-state index contributed by atoms with van der Waals surface area (Å²) in [5.74, 6) is 0. The Kier molecular flexibility index (Phi) is 5.65. The molecule has 5 heteroatoms. The van der Waals surface area contributed by atoms with Crippen LogP contribution in [0.1, 0.15) is 11.1 Å². The molecule has 0 aliphatic carbocycles. The van der Waals surface area contributed by atoms with Gasteiger partial charge in [0.05, 0.1) is 0 Å². The van der Waals surface area contributed by atoms with E-state index < -0.39 is 0 Å². The van der Waals surface area contributed by atoms with Gasteiger partial charge in [0.25, 0.3) is 0 Å². The second-order valence-electron chi connectivity index (χ2n) is 3.26. The Bertz CT molecular complexity index is 426. The molecule has 0 spiro atoms. The number of fused-ring (bicyclic) bond motifs is 1. The van der Waals surface area contributed by atoms with Crippen molar-refractivity contribution in [2.45, 2.75) is 13.3 Å². The number of halogens is 2. The number of nitrogens with zero attached hydrogens (tertiary/aromatic N) is 1. The fourth-order valence-corrected chi connectivity index (χ4v) is 1.52. The van der Waals surface area contributed by atoms with Gasteiger partial charge in [-0.05, 0) is 37.1 Å². The van der Waals surface area contributed by atoms with Gasteiger partial charge in [-0.1, -0.05) is 0 Å². The van der Waals surface area contributed by atoms with Crippen LogP contribution in [-0.4, -0.2) is 16.5 Å². The number of rotatable bonds is 2. The lowest BCUT2D eigenvalue weighted by atomic mass is 10.1. The summed E-state index contributed by atoms with van der Waals surface area (Å²) < 4.78 is 0. The molecular weight excluding hydrogens is 233 g/mol. The van der Waals surface area contributed by atoms with E-state index in [0.29, 0.717) is 6.54 Å². The van der Waals surface area contributed by atoms with Crippen molar-refractivity contribution in [2.24, 2.45) is 5.73 Å². The van der Waals surface area contributed by atoms with Crippen molar-refractivity contribution in [1.29, 1.82) is 0 Å². The minimum Gasteiger partial charge on any atom is -0.346 e. The summed E-state index contributed by atoms with van der Waals surface area (Å²) in [6.45, 7) is 2.73. The van der Waals surface area contributed by atoms with Gasteiger partial charge in [-0.15, -0.1) is 24.8 Å². The van der Waals surface area contributed by atoms with E-state index in [1.807, 2.05) is 19.3 Å². The average molecular weight is 248 g/mol. The summed E-state index contributed by atoms with van der Waals surface area (Å²) in [5, 5.41) is 1.20. The van der Waals surface area contributed by atoms with Crippen LogP contribution in [0.25, 0.3) is 11.0 Å². The van der Waals surface area contributed by atoms with Crippen LogP contribution in [0.3, 0.4) is 0 Å². The Morgan fingerprint density at radius 1 is 1.40 bits per heavy atom. The molecule has 0 aliphatic heterocycles. The number of H-pyrrole nitrogens is 1. The van der Waals surface area contributed by atoms with E-state index in [2.05, 4.69) is 16.0 Å². The number of aromatic amines is 1. The molecule has 2 rings (SSSR count). The Hall–Kier alpha value is -0.770. The number of aromatic nitrogens is 2. The Morgan fingerprint density at radius 3 is 2.80 bits per heavy atom. The third-order valence-corrected chi connectivity index (χ3v) is 2.17. The third-order valence-electron chi connectivity index (χ3n) is 2.17. The Morgan fingerprint density at radius 2 is 2.13 bits per heavy atom. The molecular formula is C10H15Cl2N3. The number of hydrogen-bond donors (Lipinski definition) is 2. The zero-order valence-electron chi connectivity index (χ0n) is 8.49. The summed E-state index contributed by atoms with van der Waals surface area (Å²) in [6, 6.07) is 2.14. The maximum Gasteiger partial charge on any atom is 0.137 e. The van der Waals surface area contributed by atoms with Crippen LogP contribution in [0.4, 0.5) is 0 Å². The molecule has 0 radical (unpaired) electrons. The predicted octanol–water partition coefficient (Wildman–Crippen LogP) is 2.22. The number of pyridine rings is 1. The van der Waals surface area contributed by atoms with Crippen molar-refractivity contribution >= 4 is 35.8 Å². The quantitative estimate of drug-likeness (QED) is 0.856. The van der Waals surface area contributed by atoms with Gasteiger partial charge in [-0.25, -0.2) is 4.98 Å². The molecule has 0 atom stereocenters. The van der Waals surface area contributed by atoms with Crippen LogP contribution in [0, 0.1) is 6.92 Å². The maximum absolute atomic E-state index is 5.51. The molecule has 2 heterocycles. The second-order valence-corrected chi connectivity index (χ2v) is 3.26. The monoisotopic (exact) mass is 247 g/mol.